The fraction of sp³-hybridized carbons (Fsp3) is 0.240. The lowest BCUT2D eigenvalue weighted by atomic mass is 9.87. The number of hydrogen-bond acceptors (Lipinski definition) is 4. The third-order valence-electron chi connectivity index (χ3n) is 5.65. The Labute approximate surface area is 191 Å². The van der Waals surface area contributed by atoms with E-state index in [2.05, 4.69) is 32.9 Å². The van der Waals surface area contributed by atoms with Crippen LogP contribution in [-0.4, -0.2) is 20.4 Å². The molecule has 32 heavy (non-hydrogen) atoms. The maximum Gasteiger partial charge on any atom is 0.296 e. The number of amidine groups is 1. The van der Waals surface area contributed by atoms with Gasteiger partial charge < -0.3 is 0 Å². The van der Waals surface area contributed by atoms with E-state index in [4.69, 9.17) is 5.41 Å². The van der Waals surface area contributed by atoms with Crippen molar-refractivity contribution in [3.8, 4) is 5.69 Å². The van der Waals surface area contributed by atoms with Crippen LogP contribution in [0.25, 0.3) is 11.8 Å². The topological polar surface area (TPSA) is 71.1 Å². The van der Waals surface area contributed by atoms with Gasteiger partial charge in [0.2, 0.25) is 0 Å². The van der Waals surface area contributed by atoms with Crippen LogP contribution in [0.1, 0.15) is 37.6 Å². The summed E-state index contributed by atoms with van der Waals surface area (Å²) in [6.45, 7) is 8.25. The number of amides is 1. The first kappa shape index (κ1) is 21.9. The molecule has 164 valence electrons. The van der Waals surface area contributed by atoms with Gasteiger partial charge in [0.05, 0.1) is 16.3 Å². The Bertz CT molecular complexity index is 1290. The van der Waals surface area contributed by atoms with Crippen molar-refractivity contribution < 1.29 is 4.79 Å². The minimum Gasteiger partial charge on any atom is -0.283 e. The smallest absolute Gasteiger partial charge is 0.283 e. The van der Waals surface area contributed by atoms with Gasteiger partial charge in [-0.1, -0.05) is 63.2 Å². The molecule has 2 aromatic carbocycles. The predicted octanol–water partition coefficient (Wildman–Crippen LogP) is 4.84. The molecule has 1 aliphatic rings. The molecule has 0 spiro atoms. The van der Waals surface area contributed by atoms with E-state index in [0.29, 0.717) is 16.3 Å². The first-order chi connectivity index (χ1) is 15.1. The lowest BCUT2D eigenvalue weighted by Crippen LogP contribution is -2.33. The van der Waals surface area contributed by atoms with E-state index in [1.54, 1.807) is 24.7 Å². The molecule has 4 rings (SSSR count). The second-order valence-electron chi connectivity index (χ2n) is 8.84. The second-order valence-corrected chi connectivity index (χ2v) is 9.87. The highest BCUT2D eigenvalue weighted by molar-refractivity contribution is 8.19. The SMILES string of the molecule is Cc1c(N2C(=N)S/C(=C\c3ccc(C(C)(C)C)cc3)C2=O)c(=O)n(-c2ccccc2)n1C. The maximum atomic E-state index is 13.3. The maximum absolute atomic E-state index is 13.3. The quantitative estimate of drug-likeness (QED) is 0.586. The fourth-order valence-electron chi connectivity index (χ4n) is 3.73. The highest BCUT2D eigenvalue weighted by Gasteiger charge is 2.38. The molecule has 0 aliphatic carbocycles. The fourth-order valence-corrected chi connectivity index (χ4v) is 4.58. The molecule has 0 radical (unpaired) electrons. The van der Waals surface area contributed by atoms with Crippen molar-refractivity contribution in [2.24, 2.45) is 7.05 Å². The summed E-state index contributed by atoms with van der Waals surface area (Å²) in [5, 5.41) is 8.46. The van der Waals surface area contributed by atoms with Gasteiger partial charge in [0, 0.05) is 7.05 Å². The molecular weight excluding hydrogens is 420 g/mol. The molecule has 0 unspecified atom stereocenters. The van der Waals surface area contributed by atoms with E-state index in [0.717, 1.165) is 17.3 Å². The molecule has 1 N–H and O–H groups in total. The number of hydrogen-bond donors (Lipinski definition) is 1. The number of nitrogens with one attached hydrogen (secondary N) is 1. The third-order valence-corrected chi connectivity index (χ3v) is 6.53. The summed E-state index contributed by atoms with van der Waals surface area (Å²) in [5.74, 6) is -0.356. The molecule has 1 saturated heterocycles. The third kappa shape index (κ3) is 3.73. The van der Waals surface area contributed by atoms with Crippen molar-refractivity contribution in [3.63, 3.8) is 0 Å². The molecule has 1 fully saturated rings. The zero-order valence-electron chi connectivity index (χ0n) is 18.8. The minimum atomic E-state index is -0.356. The Balaban J connectivity index is 1.72. The zero-order chi connectivity index (χ0) is 23.2. The monoisotopic (exact) mass is 446 g/mol. The lowest BCUT2D eigenvalue weighted by Gasteiger charge is -2.18. The molecule has 7 heteroatoms. The molecule has 3 aromatic rings. The highest BCUT2D eigenvalue weighted by Crippen LogP contribution is 2.35. The standard InChI is InChI=1S/C25H26N4O2S/c1-16-21(23(31)29(27(16)5)19-9-7-6-8-10-19)28-22(30)20(32-24(28)26)15-17-11-13-18(14-12-17)25(2,3)4/h6-15,26H,1-5H3/b20-15-,26-24?. The van der Waals surface area contributed by atoms with Gasteiger partial charge in [-0.3, -0.25) is 19.7 Å². The second kappa shape index (κ2) is 7.98. The van der Waals surface area contributed by atoms with Crippen molar-refractivity contribution in [2.75, 3.05) is 4.90 Å². The van der Waals surface area contributed by atoms with Crippen LogP contribution in [0.15, 0.2) is 64.3 Å². The van der Waals surface area contributed by atoms with Crippen LogP contribution in [0.2, 0.25) is 0 Å². The molecule has 1 aromatic heterocycles. The van der Waals surface area contributed by atoms with Crippen molar-refractivity contribution in [1.29, 1.82) is 5.41 Å². The summed E-state index contributed by atoms with van der Waals surface area (Å²) in [5.41, 5.74) is 3.35. The summed E-state index contributed by atoms with van der Waals surface area (Å²) >= 11 is 1.07. The van der Waals surface area contributed by atoms with Crippen LogP contribution in [0.4, 0.5) is 5.69 Å². The number of carbonyl (C=O) groups is 1. The summed E-state index contributed by atoms with van der Waals surface area (Å²) in [6.07, 6.45) is 1.78. The zero-order valence-corrected chi connectivity index (χ0v) is 19.7. The largest absolute Gasteiger partial charge is 0.296 e. The van der Waals surface area contributed by atoms with Crippen LogP contribution in [0.5, 0.6) is 0 Å². The van der Waals surface area contributed by atoms with Crippen LogP contribution >= 0.6 is 11.8 Å². The lowest BCUT2D eigenvalue weighted by molar-refractivity contribution is -0.113. The van der Waals surface area contributed by atoms with E-state index in [9.17, 15) is 9.59 Å². The molecule has 1 aliphatic heterocycles. The van der Waals surface area contributed by atoms with Crippen molar-refractivity contribution in [3.05, 3.63) is 86.7 Å². The Hall–Kier alpha value is -3.32. The molecule has 0 atom stereocenters. The van der Waals surface area contributed by atoms with Crippen LogP contribution in [0.3, 0.4) is 0 Å². The van der Waals surface area contributed by atoms with Gasteiger partial charge in [-0.2, -0.15) is 0 Å². The number of para-hydroxylation sites is 1. The summed E-state index contributed by atoms with van der Waals surface area (Å²) in [4.78, 5) is 28.2. The first-order valence-corrected chi connectivity index (χ1v) is 11.2. The average Bonchev–Trinajstić information content (AvgIpc) is 3.13. The molecule has 0 saturated carbocycles. The first-order valence-electron chi connectivity index (χ1n) is 10.4. The Kier molecular flexibility index (Phi) is 5.46. The average molecular weight is 447 g/mol. The van der Waals surface area contributed by atoms with E-state index >= 15 is 0 Å². The van der Waals surface area contributed by atoms with E-state index < -0.39 is 0 Å². The summed E-state index contributed by atoms with van der Waals surface area (Å²) in [6, 6.07) is 17.3. The number of carbonyl (C=O) groups excluding carboxylic acids is 1. The number of nitrogens with zero attached hydrogens (tertiary/aromatic N) is 3. The Morgan fingerprint density at radius 2 is 1.59 bits per heavy atom. The van der Waals surface area contributed by atoms with E-state index in [-0.39, 0.29) is 27.7 Å². The normalized spacial score (nSPS) is 15.8. The Morgan fingerprint density at radius 1 is 0.969 bits per heavy atom. The number of benzene rings is 2. The van der Waals surface area contributed by atoms with Crippen molar-refractivity contribution in [1.82, 2.24) is 9.36 Å². The van der Waals surface area contributed by atoms with Gasteiger partial charge in [0.15, 0.2) is 5.17 Å². The van der Waals surface area contributed by atoms with Crippen molar-refractivity contribution >= 4 is 34.6 Å². The van der Waals surface area contributed by atoms with Gasteiger partial charge in [-0.15, -0.1) is 0 Å². The van der Waals surface area contributed by atoms with E-state index in [1.165, 1.54) is 15.1 Å². The van der Waals surface area contributed by atoms with Crippen LogP contribution in [0, 0.1) is 12.3 Å². The number of aromatic nitrogens is 2. The number of rotatable bonds is 3. The van der Waals surface area contributed by atoms with Gasteiger partial charge in [0.1, 0.15) is 5.69 Å². The van der Waals surface area contributed by atoms with Gasteiger partial charge in [-0.05, 0) is 53.4 Å². The van der Waals surface area contributed by atoms with Gasteiger partial charge in [-0.25, -0.2) is 9.58 Å². The molecule has 1 amide bonds. The number of thioether (sulfide) groups is 1. The molecule has 0 bridgehead atoms. The van der Waals surface area contributed by atoms with Gasteiger partial charge >= 0.3 is 0 Å². The van der Waals surface area contributed by atoms with Crippen LogP contribution in [-0.2, 0) is 17.3 Å². The highest BCUT2D eigenvalue weighted by atomic mass is 32.2. The minimum absolute atomic E-state index is 0.0265. The van der Waals surface area contributed by atoms with Gasteiger partial charge in [0.25, 0.3) is 11.5 Å². The van der Waals surface area contributed by atoms with Crippen molar-refractivity contribution in [2.45, 2.75) is 33.1 Å². The molecule has 6 nitrogen and oxygen atoms in total. The Morgan fingerprint density at radius 3 is 2.19 bits per heavy atom. The van der Waals surface area contributed by atoms with Crippen LogP contribution < -0.4 is 10.5 Å². The predicted molar refractivity (Wildman–Crippen MR) is 132 cm³/mol. The molecule has 2 heterocycles. The summed E-state index contributed by atoms with van der Waals surface area (Å²) < 4.78 is 3.23. The molecular formula is C25H26N4O2S. The number of anilines is 1. The summed E-state index contributed by atoms with van der Waals surface area (Å²) in [7, 11) is 1.78. The van der Waals surface area contributed by atoms with E-state index in [1.807, 2.05) is 42.5 Å².